The van der Waals surface area contributed by atoms with E-state index in [4.69, 9.17) is 0 Å². The molecule has 3 aliphatic heterocycles. The maximum Gasteiger partial charge on any atom is 0.335 e. The van der Waals surface area contributed by atoms with Crippen LogP contribution in [0.15, 0.2) is 113 Å². The number of fused-ring (bicyclic) bond motifs is 3. The summed E-state index contributed by atoms with van der Waals surface area (Å²) in [4.78, 5) is 42.1. The summed E-state index contributed by atoms with van der Waals surface area (Å²) in [6.07, 6.45) is 9.11. The largest absolute Gasteiger partial charge is 0.871 e. The van der Waals surface area contributed by atoms with Crippen LogP contribution in [0.3, 0.4) is 0 Å². The second kappa shape index (κ2) is 14.8. The van der Waals surface area contributed by atoms with Crippen LogP contribution in [0.2, 0.25) is 0 Å². The lowest BCUT2D eigenvalue weighted by atomic mass is 9.75. The van der Waals surface area contributed by atoms with Crippen LogP contribution in [0, 0.1) is 0 Å². The van der Waals surface area contributed by atoms with Crippen molar-refractivity contribution < 1.29 is 38.9 Å². The van der Waals surface area contributed by atoms with Gasteiger partial charge >= 0.3 is 5.97 Å². The highest BCUT2D eigenvalue weighted by atomic mass is 16.4. The summed E-state index contributed by atoms with van der Waals surface area (Å²) < 4.78 is 4.22. The molecular weight excluding hydrogens is 763 g/mol. The summed E-state index contributed by atoms with van der Waals surface area (Å²) in [7, 11) is 0. The zero-order valence-corrected chi connectivity index (χ0v) is 36.8. The van der Waals surface area contributed by atoms with Crippen molar-refractivity contribution in [3.05, 3.63) is 141 Å². The number of anilines is 1. The molecule has 1 N–H and O–H groups in total. The number of benzene rings is 3. The molecule has 3 aromatic rings. The summed E-state index contributed by atoms with van der Waals surface area (Å²) in [6.45, 7) is 20.7. The third kappa shape index (κ3) is 6.21. The van der Waals surface area contributed by atoms with Crippen molar-refractivity contribution in [2.75, 3.05) is 24.5 Å². The van der Waals surface area contributed by atoms with Crippen molar-refractivity contribution in [1.82, 2.24) is 0 Å². The molecule has 3 heterocycles. The monoisotopic (exact) mass is 817 g/mol. The number of hydrogen-bond donors (Lipinski definition) is 1. The van der Waals surface area contributed by atoms with Crippen LogP contribution in [0.5, 0.6) is 0 Å². The third-order valence-electron chi connectivity index (χ3n) is 13.7. The summed E-state index contributed by atoms with van der Waals surface area (Å²) in [5, 5.41) is 37.7. The first-order chi connectivity index (χ1) is 28.9. The highest BCUT2D eigenvalue weighted by Gasteiger charge is 2.48. The lowest BCUT2D eigenvalue weighted by Gasteiger charge is -2.33. The van der Waals surface area contributed by atoms with Gasteiger partial charge in [0.15, 0.2) is 23.0 Å². The van der Waals surface area contributed by atoms with E-state index < -0.39 is 16.8 Å². The highest BCUT2D eigenvalue weighted by molar-refractivity contribution is 6.40. The van der Waals surface area contributed by atoms with Gasteiger partial charge in [0.2, 0.25) is 11.4 Å². The number of nitrogens with zero attached hydrogens (tertiary/aromatic N) is 3. The average Bonchev–Trinajstić information content (AvgIpc) is 3.69. The number of unbranched alkanes of at least 4 members (excludes halogenated alkanes) is 2. The van der Waals surface area contributed by atoms with Gasteiger partial charge in [-0.15, -0.1) is 0 Å². The molecule has 0 amide bonds. The van der Waals surface area contributed by atoms with E-state index in [0.29, 0.717) is 18.7 Å². The van der Waals surface area contributed by atoms with Gasteiger partial charge < -0.3 is 20.2 Å². The summed E-state index contributed by atoms with van der Waals surface area (Å²) in [6, 6.07) is 19.0. The zero-order valence-electron chi connectivity index (χ0n) is 36.8. The fraction of sp³-hybridized carbons (Fsp3) is 0.365. The molecule has 0 saturated heterocycles. The van der Waals surface area contributed by atoms with Crippen LogP contribution in [0.4, 0.5) is 17.1 Å². The van der Waals surface area contributed by atoms with Crippen LogP contribution in [0.1, 0.15) is 121 Å². The molecule has 2 aliphatic carbocycles. The van der Waals surface area contributed by atoms with Gasteiger partial charge in [-0.05, 0) is 88.6 Å². The average molecular weight is 818 g/mol. The maximum atomic E-state index is 14.0. The molecule has 8 rings (SSSR count). The SMILES string of the molecule is CCCCN1/C(=C/C2=C([O-])C(=C\C3=[N+](CCCC)c4ccc(C5=C([O-])/C(=C/C6=[N+](CC)c7ccc(C(=O)O)cc7C6(C)C)C5=O)cc4C3(C)C)/C2=O)C(C)(C)c2ccccc21. The molecule has 0 radical (unpaired) electrons. The normalized spacial score (nSPS) is 21.5. The van der Waals surface area contributed by atoms with E-state index in [-0.39, 0.29) is 56.4 Å². The van der Waals surface area contributed by atoms with Crippen molar-refractivity contribution in [3.8, 4) is 0 Å². The standard InChI is InChI=1S/C52H55N3O6/c1-10-13-23-54-38-18-16-15-17-35(38)50(4,5)42(54)27-32-45(56)33(46(32)57)28-43-52(8,9)36-25-30(19-21-40(36)55(43)24-14-11-2)44-47(58)34(48(44)59)29-41-51(6,7)37-26-31(49(60)61)20-22-39(37)53(41)12-3/h15-22,25-29H,10-14,23-24H2,1-9H3,(H-2,56,57,58,59,60,61). The smallest absolute Gasteiger partial charge is 0.335 e. The minimum atomic E-state index is -1.01. The van der Waals surface area contributed by atoms with E-state index in [0.717, 1.165) is 77.5 Å². The van der Waals surface area contributed by atoms with Crippen molar-refractivity contribution >= 4 is 51.6 Å². The predicted octanol–water partition coefficient (Wildman–Crippen LogP) is 7.84. The van der Waals surface area contributed by atoms with Crippen molar-refractivity contribution in [3.63, 3.8) is 0 Å². The predicted molar refractivity (Wildman–Crippen MR) is 236 cm³/mol. The molecule has 3 aromatic carbocycles. The van der Waals surface area contributed by atoms with Gasteiger partial charge in [-0.3, -0.25) is 9.59 Å². The zero-order chi connectivity index (χ0) is 43.9. The van der Waals surface area contributed by atoms with Crippen LogP contribution < -0.4 is 15.1 Å². The summed E-state index contributed by atoms with van der Waals surface area (Å²) in [5.74, 6) is -2.20. The molecule has 0 unspecified atom stereocenters. The molecule has 0 aromatic heterocycles. The Bertz CT molecular complexity index is 2710. The second-order valence-electron chi connectivity index (χ2n) is 18.4. The number of allylic oxidation sites excluding steroid dienone is 8. The van der Waals surface area contributed by atoms with E-state index in [1.807, 2.05) is 61.8 Å². The van der Waals surface area contributed by atoms with Crippen LogP contribution in [-0.4, -0.2) is 62.9 Å². The van der Waals surface area contributed by atoms with E-state index in [1.54, 1.807) is 30.4 Å². The van der Waals surface area contributed by atoms with Gasteiger partial charge in [-0.25, -0.2) is 4.79 Å². The number of carbonyl (C=O) groups is 3. The molecule has 314 valence electrons. The Morgan fingerprint density at radius 3 is 1.93 bits per heavy atom. The van der Waals surface area contributed by atoms with Gasteiger partial charge in [0.05, 0.1) is 16.4 Å². The van der Waals surface area contributed by atoms with Crippen molar-refractivity contribution in [2.45, 2.75) is 104 Å². The first-order valence-corrected chi connectivity index (χ1v) is 21.7. The lowest BCUT2D eigenvalue weighted by Crippen LogP contribution is -2.35. The second-order valence-corrected chi connectivity index (χ2v) is 18.4. The summed E-state index contributed by atoms with van der Waals surface area (Å²) >= 11 is 0. The van der Waals surface area contributed by atoms with E-state index in [2.05, 4.69) is 63.2 Å². The topological polar surface area (TPSA) is 127 Å². The molecule has 0 bridgehead atoms. The lowest BCUT2D eigenvalue weighted by molar-refractivity contribution is -0.438. The van der Waals surface area contributed by atoms with Crippen LogP contribution in [0.25, 0.3) is 5.57 Å². The molecule has 0 saturated carbocycles. The van der Waals surface area contributed by atoms with Gasteiger partial charge in [-0.2, -0.15) is 9.15 Å². The fourth-order valence-corrected chi connectivity index (χ4v) is 10.0. The van der Waals surface area contributed by atoms with Crippen molar-refractivity contribution in [2.24, 2.45) is 0 Å². The number of para-hydroxylation sites is 1. The third-order valence-corrected chi connectivity index (χ3v) is 13.7. The highest BCUT2D eigenvalue weighted by Crippen LogP contribution is 2.50. The van der Waals surface area contributed by atoms with Crippen LogP contribution in [-0.2, 0) is 25.8 Å². The number of Topliss-reactive ketones (excluding diaryl/α,β-unsaturated/α-hetero) is 2. The van der Waals surface area contributed by atoms with E-state index in [9.17, 15) is 29.7 Å². The molecular formula is C52H55N3O6. The first-order valence-electron chi connectivity index (χ1n) is 21.7. The number of ketones is 2. The molecule has 0 spiro atoms. The summed E-state index contributed by atoms with van der Waals surface area (Å²) in [5.41, 5.74) is 8.01. The Morgan fingerprint density at radius 2 is 1.31 bits per heavy atom. The number of hydrogen-bond acceptors (Lipinski definition) is 6. The number of rotatable bonds is 12. The minimum absolute atomic E-state index is 0.103. The molecule has 0 atom stereocenters. The number of carbonyl (C=O) groups excluding carboxylic acids is 2. The Kier molecular flexibility index (Phi) is 10.1. The molecule has 0 fully saturated rings. The molecule has 9 nitrogen and oxygen atoms in total. The number of carboxylic acid groups (broad SMARTS) is 1. The van der Waals surface area contributed by atoms with E-state index in [1.165, 1.54) is 5.56 Å². The van der Waals surface area contributed by atoms with Gasteiger partial charge in [0, 0.05) is 87.5 Å². The van der Waals surface area contributed by atoms with Gasteiger partial charge in [0.25, 0.3) is 0 Å². The van der Waals surface area contributed by atoms with E-state index >= 15 is 0 Å². The fourth-order valence-electron chi connectivity index (χ4n) is 10.0. The van der Waals surface area contributed by atoms with Crippen LogP contribution >= 0.6 is 0 Å². The Labute approximate surface area is 358 Å². The Balaban J connectivity index is 1.13. The number of carboxylic acids is 1. The quantitative estimate of drug-likeness (QED) is 0.146. The van der Waals surface area contributed by atoms with Crippen molar-refractivity contribution in [1.29, 1.82) is 0 Å². The molecule has 9 heteroatoms. The molecule has 5 aliphatic rings. The van der Waals surface area contributed by atoms with Gasteiger partial charge in [-0.1, -0.05) is 70.3 Å². The minimum Gasteiger partial charge on any atom is -0.871 e. The maximum absolute atomic E-state index is 14.0. The van der Waals surface area contributed by atoms with Gasteiger partial charge in [0.1, 0.15) is 13.1 Å². The Morgan fingerprint density at radius 1 is 0.705 bits per heavy atom. The number of aromatic carboxylic acids is 1. The Hall–Kier alpha value is -6.09. The molecule has 61 heavy (non-hydrogen) atoms. The first kappa shape index (κ1) is 41.6.